The number of sulfonamides is 1. The van der Waals surface area contributed by atoms with E-state index in [1.54, 1.807) is 37.4 Å². The first-order valence-electron chi connectivity index (χ1n) is 7.46. The van der Waals surface area contributed by atoms with Crippen molar-refractivity contribution in [1.29, 1.82) is 0 Å². The van der Waals surface area contributed by atoms with E-state index in [1.807, 2.05) is 35.7 Å². The van der Waals surface area contributed by atoms with Gasteiger partial charge in [-0.2, -0.15) is 0 Å². The zero-order valence-corrected chi connectivity index (χ0v) is 16.6. The van der Waals surface area contributed by atoms with Gasteiger partial charge in [-0.15, -0.1) is 11.3 Å². The third-order valence-corrected chi connectivity index (χ3v) is 7.11. The van der Waals surface area contributed by atoms with Crippen LogP contribution in [0.25, 0.3) is 0 Å². The second kappa shape index (κ2) is 7.59. The van der Waals surface area contributed by atoms with E-state index in [9.17, 15) is 8.42 Å². The highest BCUT2D eigenvalue weighted by molar-refractivity contribution is 9.11. The molecular formula is C18H16BrNO3S2. The van der Waals surface area contributed by atoms with Crippen molar-refractivity contribution in [1.82, 2.24) is 0 Å². The van der Waals surface area contributed by atoms with Crippen LogP contribution in [0, 0.1) is 0 Å². The molecule has 0 spiro atoms. The van der Waals surface area contributed by atoms with Crippen molar-refractivity contribution in [2.75, 3.05) is 11.4 Å². The van der Waals surface area contributed by atoms with E-state index in [4.69, 9.17) is 4.74 Å². The number of nitrogens with zero attached hydrogens (tertiary/aromatic N) is 1. The smallest absolute Gasteiger partial charge is 0.264 e. The highest BCUT2D eigenvalue weighted by Crippen LogP contribution is 2.36. The zero-order chi connectivity index (χ0) is 17.9. The average Bonchev–Trinajstić information content (AvgIpc) is 3.06. The summed E-state index contributed by atoms with van der Waals surface area (Å²) in [4.78, 5) is 0.224. The van der Waals surface area contributed by atoms with E-state index in [2.05, 4.69) is 15.9 Å². The molecule has 0 unspecified atom stereocenters. The number of hydrogen-bond acceptors (Lipinski definition) is 4. The summed E-state index contributed by atoms with van der Waals surface area (Å²) in [5.74, 6) is 0.616. The Labute approximate surface area is 159 Å². The number of rotatable bonds is 6. The number of hydrogen-bond donors (Lipinski definition) is 0. The predicted molar refractivity (Wildman–Crippen MR) is 105 cm³/mol. The van der Waals surface area contributed by atoms with Crippen LogP contribution in [0.4, 0.5) is 5.69 Å². The SMILES string of the molecule is COc1ccc(S(=O)(=O)N(Cc2ccccc2)c2ccsc2Br)cc1. The first-order chi connectivity index (χ1) is 12.0. The maximum atomic E-state index is 13.3. The molecule has 1 heterocycles. The summed E-state index contributed by atoms with van der Waals surface area (Å²) >= 11 is 4.91. The molecule has 0 bridgehead atoms. The van der Waals surface area contributed by atoms with Crippen LogP contribution in [0.3, 0.4) is 0 Å². The fourth-order valence-corrected chi connectivity index (χ4v) is 5.31. The molecule has 0 amide bonds. The van der Waals surface area contributed by atoms with Gasteiger partial charge in [0.1, 0.15) is 5.75 Å². The molecule has 0 aliphatic heterocycles. The number of benzene rings is 2. The maximum Gasteiger partial charge on any atom is 0.264 e. The Hall–Kier alpha value is -1.83. The van der Waals surface area contributed by atoms with Gasteiger partial charge < -0.3 is 4.74 Å². The van der Waals surface area contributed by atoms with Gasteiger partial charge in [0.15, 0.2) is 0 Å². The topological polar surface area (TPSA) is 46.6 Å². The molecule has 0 saturated carbocycles. The first kappa shape index (κ1) is 18.0. The molecule has 7 heteroatoms. The van der Waals surface area contributed by atoms with E-state index in [0.29, 0.717) is 11.4 Å². The van der Waals surface area contributed by atoms with Crippen LogP contribution in [0.2, 0.25) is 0 Å². The van der Waals surface area contributed by atoms with Crippen molar-refractivity contribution in [3.05, 3.63) is 75.4 Å². The predicted octanol–water partition coefficient (Wildman–Crippen LogP) is 4.91. The number of thiophene rings is 1. The van der Waals surface area contributed by atoms with Gasteiger partial charge in [-0.25, -0.2) is 8.42 Å². The largest absolute Gasteiger partial charge is 0.497 e. The van der Waals surface area contributed by atoms with Crippen molar-refractivity contribution in [3.8, 4) is 5.75 Å². The minimum Gasteiger partial charge on any atom is -0.497 e. The lowest BCUT2D eigenvalue weighted by Crippen LogP contribution is -2.30. The monoisotopic (exact) mass is 437 g/mol. The molecule has 1 aromatic heterocycles. The summed E-state index contributed by atoms with van der Waals surface area (Å²) in [6, 6.07) is 17.8. The zero-order valence-electron chi connectivity index (χ0n) is 13.4. The summed E-state index contributed by atoms with van der Waals surface area (Å²) in [5, 5.41) is 1.86. The van der Waals surface area contributed by atoms with Crippen LogP contribution in [-0.4, -0.2) is 15.5 Å². The molecule has 3 aromatic rings. The van der Waals surface area contributed by atoms with Gasteiger partial charge in [0.05, 0.1) is 28.0 Å². The standard InChI is InChI=1S/C18H16BrNO3S2/c1-23-15-7-9-16(10-8-15)25(21,22)20(17-11-12-24-18(17)19)13-14-5-3-2-4-6-14/h2-12H,13H2,1H3. The van der Waals surface area contributed by atoms with Crippen molar-refractivity contribution >= 4 is 43.0 Å². The lowest BCUT2D eigenvalue weighted by Gasteiger charge is -2.24. The lowest BCUT2D eigenvalue weighted by atomic mass is 10.2. The molecule has 0 aliphatic carbocycles. The molecule has 0 fully saturated rings. The fraction of sp³-hybridized carbons (Fsp3) is 0.111. The van der Waals surface area contributed by atoms with Gasteiger partial charge in [0.25, 0.3) is 10.0 Å². The van der Waals surface area contributed by atoms with Crippen LogP contribution in [0.15, 0.2) is 74.7 Å². The Morgan fingerprint density at radius 2 is 1.72 bits per heavy atom. The third-order valence-electron chi connectivity index (χ3n) is 3.68. The highest BCUT2D eigenvalue weighted by Gasteiger charge is 2.27. The normalized spacial score (nSPS) is 11.3. The summed E-state index contributed by atoms with van der Waals surface area (Å²) in [6.45, 7) is 0.254. The Morgan fingerprint density at radius 3 is 2.28 bits per heavy atom. The molecule has 0 N–H and O–H groups in total. The Balaban J connectivity index is 2.04. The molecule has 0 aliphatic rings. The second-order valence-corrected chi connectivity index (χ2v) is 9.35. The van der Waals surface area contributed by atoms with E-state index in [0.717, 1.165) is 9.35 Å². The van der Waals surface area contributed by atoms with Gasteiger partial charge in [-0.05, 0) is 57.2 Å². The average molecular weight is 438 g/mol. The molecule has 0 radical (unpaired) electrons. The molecule has 130 valence electrons. The van der Waals surface area contributed by atoms with Gasteiger partial charge in [-0.3, -0.25) is 4.31 Å². The Kier molecular flexibility index (Phi) is 5.46. The molecule has 2 aromatic carbocycles. The molecule has 4 nitrogen and oxygen atoms in total. The Bertz CT molecular complexity index is 938. The first-order valence-corrected chi connectivity index (χ1v) is 10.6. The Morgan fingerprint density at radius 1 is 1.04 bits per heavy atom. The summed E-state index contributed by atoms with van der Waals surface area (Å²) in [5.41, 5.74) is 1.54. The fourth-order valence-electron chi connectivity index (χ4n) is 2.39. The van der Waals surface area contributed by atoms with Crippen molar-refractivity contribution in [2.45, 2.75) is 11.4 Å². The second-order valence-electron chi connectivity index (χ2n) is 5.25. The summed E-state index contributed by atoms with van der Waals surface area (Å²) < 4.78 is 33.8. The summed E-state index contributed by atoms with van der Waals surface area (Å²) in [7, 11) is -2.17. The van der Waals surface area contributed by atoms with Crippen LogP contribution in [-0.2, 0) is 16.6 Å². The molecule has 0 atom stereocenters. The van der Waals surface area contributed by atoms with Crippen LogP contribution < -0.4 is 9.04 Å². The van der Waals surface area contributed by atoms with Gasteiger partial charge in [0, 0.05) is 0 Å². The quantitative estimate of drug-likeness (QED) is 0.549. The van der Waals surface area contributed by atoms with E-state index >= 15 is 0 Å². The van der Waals surface area contributed by atoms with Crippen molar-refractivity contribution in [2.24, 2.45) is 0 Å². The van der Waals surface area contributed by atoms with Crippen molar-refractivity contribution < 1.29 is 13.2 Å². The van der Waals surface area contributed by atoms with Gasteiger partial charge >= 0.3 is 0 Å². The number of methoxy groups -OCH3 is 1. The minimum absolute atomic E-state index is 0.224. The molecule has 25 heavy (non-hydrogen) atoms. The van der Waals surface area contributed by atoms with E-state index in [-0.39, 0.29) is 11.4 Å². The maximum absolute atomic E-state index is 13.3. The lowest BCUT2D eigenvalue weighted by molar-refractivity contribution is 0.414. The number of ether oxygens (including phenoxy) is 1. The van der Waals surface area contributed by atoms with E-state index < -0.39 is 10.0 Å². The van der Waals surface area contributed by atoms with Gasteiger partial charge in [-0.1, -0.05) is 30.3 Å². The van der Waals surface area contributed by atoms with Crippen LogP contribution >= 0.6 is 27.3 Å². The summed E-state index contributed by atoms with van der Waals surface area (Å²) in [6.07, 6.45) is 0. The van der Waals surface area contributed by atoms with Crippen molar-refractivity contribution in [3.63, 3.8) is 0 Å². The molecular weight excluding hydrogens is 422 g/mol. The molecule has 0 saturated heterocycles. The minimum atomic E-state index is -3.72. The highest BCUT2D eigenvalue weighted by atomic mass is 79.9. The van der Waals surface area contributed by atoms with Crippen LogP contribution in [0.5, 0.6) is 5.75 Å². The van der Waals surface area contributed by atoms with Gasteiger partial charge in [0.2, 0.25) is 0 Å². The third kappa shape index (κ3) is 3.89. The molecule has 3 rings (SSSR count). The number of halogens is 1. The van der Waals surface area contributed by atoms with Crippen LogP contribution in [0.1, 0.15) is 5.56 Å². The number of anilines is 1. The van der Waals surface area contributed by atoms with E-state index in [1.165, 1.54) is 15.6 Å².